The van der Waals surface area contributed by atoms with Crippen LogP contribution in [0.5, 0.6) is 0 Å². The van der Waals surface area contributed by atoms with E-state index in [2.05, 4.69) is 5.32 Å². The van der Waals surface area contributed by atoms with E-state index in [0.29, 0.717) is 10.6 Å². The Morgan fingerprint density at radius 2 is 1.85 bits per heavy atom. The van der Waals surface area contributed by atoms with E-state index in [4.69, 9.17) is 11.6 Å². The third kappa shape index (κ3) is 6.65. The minimum absolute atomic E-state index is 0.0308. The summed E-state index contributed by atoms with van der Waals surface area (Å²) in [5.74, 6) is -1.08. The van der Waals surface area contributed by atoms with Crippen LogP contribution >= 0.6 is 11.6 Å². The van der Waals surface area contributed by atoms with Gasteiger partial charge in [0.1, 0.15) is 12.6 Å². The molecular weight excluding hydrogens is 472 g/mol. The predicted octanol–water partition coefficient (Wildman–Crippen LogP) is 2.57. The molecule has 0 fully saturated rings. The van der Waals surface area contributed by atoms with Crippen LogP contribution in [-0.4, -0.2) is 55.9 Å². The van der Waals surface area contributed by atoms with Crippen LogP contribution in [-0.2, 0) is 26.2 Å². The Balaban J connectivity index is 2.48. The van der Waals surface area contributed by atoms with Gasteiger partial charge in [0.2, 0.25) is 21.8 Å². The molecule has 178 valence electrons. The molecule has 0 radical (unpaired) electrons. The molecule has 33 heavy (non-hydrogen) atoms. The third-order valence-electron chi connectivity index (χ3n) is 4.94. The molecule has 0 aliphatic heterocycles. The number of nitro groups is 1. The summed E-state index contributed by atoms with van der Waals surface area (Å²) in [6.45, 7) is 1.04. The van der Waals surface area contributed by atoms with Crippen LogP contribution in [0.25, 0.3) is 0 Å². The van der Waals surface area contributed by atoms with Crippen molar-refractivity contribution in [3.63, 3.8) is 0 Å². The summed E-state index contributed by atoms with van der Waals surface area (Å²) in [7, 11) is -2.55. The molecular formula is C21H25ClN4O6S. The summed E-state index contributed by atoms with van der Waals surface area (Å²) in [6.07, 6.45) is 1.17. The largest absolute Gasteiger partial charge is 0.357 e. The lowest BCUT2D eigenvalue weighted by atomic mass is 10.1. The standard InChI is InChI=1S/C21H25ClN4O6S/c1-4-19(21(28)23-2)24(13-15-8-5-6-11-18(15)22)20(27)14-25(33(3,31)32)16-9-7-10-17(12-16)26(29)30/h5-12,19H,4,13-14H2,1-3H3,(H,23,28)/t19-/m0/s1. The van der Waals surface area contributed by atoms with Crippen molar-refractivity contribution in [3.05, 3.63) is 69.2 Å². The number of amides is 2. The van der Waals surface area contributed by atoms with Gasteiger partial charge < -0.3 is 10.2 Å². The lowest BCUT2D eigenvalue weighted by molar-refractivity contribution is -0.384. The molecule has 0 aliphatic carbocycles. The van der Waals surface area contributed by atoms with E-state index >= 15 is 0 Å². The highest BCUT2D eigenvalue weighted by Gasteiger charge is 2.32. The van der Waals surface area contributed by atoms with Crippen molar-refractivity contribution in [1.82, 2.24) is 10.2 Å². The zero-order valence-electron chi connectivity index (χ0n) is 18.4. The van der Waals surface area contributed by atoms with Gasteiger partial charge in [-0.05, 0) is 24.1 Å². The van der Waals surface area contributed by atoms with E-state index < -0.39 is 39.3 Å². The Kier molecular flexibility index (Phi) is 8.77. The first-order valence-corrected chi connectivity index (χ1v) is 12.2. The van der Waals surface area contributed by atoms with Crippen molar-refractivity contribution in [2.24, 2.45) is 0 Å². The molecule has 2 aromatic rings. The van der Waals surface area contributed by atoms with E-state index in [0.717, 1.165) is 16.6 Å². The van der Waals surface area contributed by atoms with Gasteiger partial charge in [0.25, 0.3) is 5.69 Å². The maximum absolute atomic E-state index is 13.4. The van der Waals surface area contributed by atoms with Gasteiger partial charge in [-0.3, -0.25) is 24.0 Å². The molecule has 0 spiro atoms. The molecule has 10 nitrogen and oxygen atoms in total. The third-order valence-corrected chi connectivity index (χ3v) is 6.45. The maximum atomic E-state index is 13.4. The zero-order valence-corrected chi connectivity index (χ0v) is 20.0. The highest BCUT2D eigenvalue weighted by atomic mass is 35.5. The number of nitrogens with one attached hydrogen (secondary N) is 1. The van der Waals surface area contributed by atoms with Crippen LogP contribution < -0.4 is 9.62 Å². The maximum Gasteiger partial charge on any atom is 0.271 e. The number of non-ortho nitro benzene ring substituents is 1. The summed E-state index contributed by atoms with van der Waals surface area (Å²) < 4.78 is 25.8. The Bertz CT molecular complexity index is 1140. The van der Waals surface area contributed by atoms with Gasteiger partial charge in [-0.1, -0.05) is 42.8 Å². The molecule has 1 N–H and O–H groups in total. The van der Waals surface area contributed by atoms with Crippen molar-refractivity contribution in [1.29, 1.82) is 0 Å². The zero-order chi connectivity index (χ0) is 24.8. The molecule has 0 bridgehead atoms. The molecule has 1 atom stereocenters. The number of anilines is 1. The number of carbonyl (C=O) groups excluding carboxylic acids is 2. The molecule has 0 aromatic heterocycles. The highest BCUT2D eigenvalue weighted by Crippen LogP contribution is 2.25. The predicted molar refractivity (Wildman–Crippen MR) is 125 cm³/mol. The van der Waals surface area contributed by atoms with Crippen LogP contribution in [0.15, 0.2) is 48.5 Å². The van der Waals surface area contributed by atoms with E-state index in [1.807, 2.05) is 0 Å². The fourth-order valence-corrected chi connectivity index (χ4v) is 4.31. The van der Waals surface area contributed by atoms with Crippen molar-refractivity contribution < 1.29 is 22.9 Å². The summed E-state index contributed by atoms with van der Waals surface area (Å²) in [6, 6.07) is 10.9. The fraction of sp³-hybridized carbons (Fsp3) is 0.333. The van der Waals surface area contributed by atoms with E-state index in [9.17, 15) is 28.1 Å². The van der Waals surface area contributed by atoms with Gasteiger partial charge >= 0.3 is 0 Å². The molecule has 0 saturated carbocycles. The molecule has 0 saturated heterocycles. The van der Waals surface area contributed by atoms with Crippen molar-refractivity contribution >= 4 is 44.8 Å². The van der Waals surface area contributed by atoms with Gasteiger partial charge in [-0.2, -0.15) is 0 Å². The average molecular weight is 497 g/mol. The summed E-state index contributed by atoms with van der Waals surface area (Å²) in [4.78, 5) is 37.6. The van der Waals surface area contributed by atoms with Gasteiger partial charge in [0, 0.05) is 30.7 Å². The topological polar surface area (TPSA) is 130 Å². The number of nitrogens with zero attached hydrogens (tertiary/aromatic N) is 3. The Labute approximate surface area is 197 Å². The van der Waals surface area contributed by atoms with Crippen LogP contribution in [0.2, 0.25) is 5.02 Å². The summed E-state index contributed by atoms with van der Waals surface area (Å²) >= 11 is 6.25. The SMILES string of the molecule is CC[C@@H](C(=O)NC)N(Cc1ccccc1Cl)C(=O)CN(c1cccc([N+](=O)[O-])c1)S(C)(=O)=O. The average Bonchev–Trinajstić information content (AvgIpc) is 2.77. The lowest BCUT2D eigenvalue weighted by Crippen LogP contribution is -2.51. The summed E-state index contributed by atoms with van der Waals surface area (Å²) in [5, 5.41) is 14.0. The quantitative estimate of drug-likeness (QED) is 0.397. The first-order valence-electron chi connectivity index (χ1n) is 9.96. The number of sulfonamides is 1. The molecule has 0 aliphatic rings. The first kappa shape index (κ1) is 26.1. The van der Waals surface area contributed by atoms with E-state index in [1.165, 1.54) is 30.1 Å². The number of hydrogen-bond acceptors (Lipinski definition) is 6. The minimum Gasteiger partial charge on any atom is -0.357 e. The van der Waals surface area contributed by atoms with Gasteiger partial charge in [-0.15, -0.1) is 0 Å². The van der Waals surface area contributed by atoms with Crippen LogP contribution in [0, 0.1) is 10.1 Å². The number of benzene rings is 2. The molecule has 12 heteroatoms. The van der Waals surface area contributed by atoms with Crippen LogP contribution in [0.3, 0.4) is 0 Å². The second kappa shape index (κ2) is 11.1. The molecule has 2 rings (SSSR count). The molecule has 2 aromatic carbocycles. The number of hydrogen-bond donors (Lipinski definition) is 1. The summed E-state index contributed by atoms with van der Waals surface area (Å²) in [5.41, 5.74) is 0.222. The fourth-order valence-electron chi connectivity index (χ4n) is 3.27. The van der Waals surface area contributed by atoms with Crippen LogP contribution in [0.1, 0.15) is 18.9 Å². The first-order chi connectivity index (χ1) is 15.5. The Hall–Kier alpha value is -3.18. The van der Waals surface area contributed by atoms with Crippen molar-refractivity contribution in [2.45, 2.75) is 25.9 Å². The minimum atomic E-state index is -3.99. The number of nitro benzene ring substituents is 1. The van der Waals surface area contributed by atoms with E-state index in [1.54, 1.807) is 31.2 Å². The normalized spacial score (nSPS) is 12.0. The Morgan fingerprint density at radius 1 is 1.18 bits per heavy atom. The van der Waals surface area contributed by atoms with Crippen molar-refractivity contribution in [3.8, 4) is 0 Å². The van der Waals surface area contributed by atoms with Crippen molar-refractivity contribution in [2.75, 3.05) is 24.2 Å². The smallest absolute Gasteiger partial charge is 0.271 e. The Morgan fingerprint density at radius 3 is 2.39 bits per heavy atom. The highest BCUT2D eigenvalue weighted by molar-refractivity contribution is 7.92. The molecule has 0 heterocycles. The molecule has 2 amide bonds. The van der Waals surface area contributed by atoms with Gasteiger partial charge in [0.05, 0.1) is 16.9 Å². The number of rotatable bonds is 10. The van der Waals surface area contributed by atoms with Gasteiger partial charge in [0.15, 0.2) is 0 Å². The second-order valence-electron chi connectivity index (χ2n) is 7.20. The van der Waals surface area contributed by atoms with E-state index in [-0.39, 0.29) is 24.3 Å². The van der Waals surface area contributed by atoms with Crippen LogP contribution in [0.4, 0.5) is 11.4 Å². The monoisotopic (exact) mass is 496 g/mol. The lowest BCUT2D eigenvalue weighted by Gasteiger charge is -2.32. The number of likely N-dealkylation sites (N-methyl/N-ethyl adjacent to an activating group) is 1. The van der Waals surface area contributed by atoms with Gasteiger partial charge in [-0.25, -0.2) is 8.42 Å². The number of carbonyl (C=O) groups is 2. The number of halogens is 1. The molecule has 0 unspecified atom stereocenters. The second-order valence-corrected chi connectivity index (χ2v) is 9.51.